The van der Waals surface area contributed by atoms with Crippen molar-refractivity contribution >= 4 is 0 Å². The van der Waals surface area contributed by atoms with Crippen LogP contribution in [-0.2, 0) is 0 Å². The molecule has 0 fully saturated rings. The zero-order valence-corrected chi connectivity index (χ0v) is 8.79. The fourth-order valence-electron chi connectivity index (χ4n) is 1.12. The molecule has 0 heterocycles. The van der Waals surface area contributed by atoms with Crippen LogP contribution in [0.5, 0.6) is 5.75 Å². The van der Waals surface area contributed by atoms with Crippen molar-refractivity contribution in [3.8, 4) is 5.75 Å². The fourth-order valence-corrected chi connectivity index (χ4v) is 1.12. The van der Waals surface area contributed by atoms with Gasteiger partial charge in [0.15, 0.2) is 0 Å². The summed E-state index contributed by atoms with van der Waals surface area (Å²) in [4.78, 5) is 0. The maximum atomic E-state index is 5.52. The van der Waals surface area contributed by atoms with Crippen molar-refractivity contribution in [2.45, 2.75) is 6.92 Å². The standard InChI is InChI=1S/C12H17NO/c1-11-6-5-7-12(10-11)14-9-4-3-8-13-2/h3-7,10,13H,8-9H2,1-2H3. The van der Waals surface area contributed by atoms with Crippen LogP contribution in [-0.4, -0.2) is 20.2 Å². The van der Waals surface area contributed by atoms with E-state index >= 15 is 0 Å². The molecule has 2 nitrogen and oxygen atoms in total. The summed E-state index contributed by atoms with van der Waals surface area (Å²) in [6.45, 7) is 3.58. The van der Waals surface area contributed by atoms with E-state index in [4.69, 9.17) is 4.74 Å². The van der Waals surface area contributed by atoms with Gasteiger partial charge in [-0.05, 0) is 31.7 Å². The van der Waals surface area contributed by atoms with Crippen LogP contribution in [0.4, 0.5) is 0 Å². The first-order valence-electron chi connectivity index (χ1n) is 4.82. The lowest BCUT2D eigenvalue weighted by Gasteiger charge is -2.03. The molecule has 0 saturated heterocycles. The molecule has 0 bridgehead atoms. The van der Waals surface area contributed by atoms with Crippen LogP contribution < -0.4 is 10.1 Å². The number of nitrogens with one attached hydrogen (secondary N) is 1. The highest BCUT2D eigenvalue weighted by Gasteiger charge is 1.90. The van der Waals surface area contributed by atoms with Crippen molar-refractivity contribution in [1.29, 1.82) is 0 Å². The summed E-state index contributed by atoms with van der Waals surface area (Å²) < 4.78 is 5.52. The third-order valence-electron chi connectivity index (χ3n) is 1.82. The SMILES string of the molecule is CNCC=CCOc1cccc(C)c1. The van der Waals surface area contributed by atoms with Gasteiger partial charge in [0.2, 0.25) is 0 Å². The molecular weight excluding hydrogens is 174 g/mol. The van der Waals surface area contributed by atoms with Gasteiger partial charge in [0.05, 0.1) is 0 Å². The number of hydrogen-bond donors (Lipinski definition) is 1. The van der Waals surface area contributed by atoms with Gasteiger partial charge in [-0.1, -0.05) is 24.3 Å². The topological polar surface area (TPSA) is 21.3 Å². The molecule has 1 N–H and O–H groups in total. The molecule has 76 valence electrons. The van der Waals surface area contributed by atoms with Crippen LogP contribution in [0.2, 0.25) is 0 Å². The maximum Gasteiger partial charge on any atom is 0.120 e. The zero-order chi connectivity index (χ0) is 10.2. The Bertz CT molecular complexity index is 294. The van der Waals surface area contributed by atoms with Crippen LogP contribution in [0, 0.1) is 6.92 Å². The van der Waals surface area contributed by atoms with Gasteiger partial charge in [-0.15, -0.1) is 0 Å². The summed E-state index contributed by atoms with van der Waals surface area (Å²) in [5.41, 5.74) is 1.22. The highest BCUT2D eigenvalue weighted by Crippen LogP contribution is 2.11. The summed E-state index contributed by atoms with van der Waals surface area (Å²) in [6.07, 6.45) is 4.06. The van der Waals surface area contributed by atoms with Crippen LogP contribution in [0.15, 0.2) is 36.4 Å². The minimum Gasteiger partial charge on any atom is -0.490 e. The van der Waals surface area contributed by atoms with E-state index in [1.165, 1.54) is 5.56 Å². The molecule has 0 atom stereocenters. The maximum absolute atomic E-state index is 5.52. The number of ether oxygens (including phenoxy) is 1. The highest BCUT2D eigenvalue weighted by molar-refractivity contribution is 5.27. The Labute approximate surface area is 85.6 Å². The fraction of sp³-hybridized carbons (Fsp3) is 0.333. The van der Waals surface area contributed by atoms with Gasteiger partial charge >= 0.3 is 0 Å². The highest BCUT2D eigenvalue weighted by atomic mass is 16.5. The summed E-state index contributed by atoms with van der Waals surface area (Å²) in [6, 6.07) is 8.07. The minimum absolute atomic E-state index is 0.630. The van der Waals surface area contributed by atoms with E-state index in [0.717, 1.165) is 12.3 Å². The van der Waals surface area contributed by atoms with Gasteiger partial charge in [-0.2, -0.15) is 0 Å². The minimum atomic E-state index is 0.630. The monoisotopic (exact) mass is 191 g/mol. The second-order valence-electron chi connectivity index (χ2n) is 3.16. The lowest BCUT2D eigenvalue weighted by Crippen LogP contribution is -2.04. The number of aryl methyl sites for hydroxylation is 1. The Morgan fingerprint density at radius 2 is 2.21 bits per heavy atom. The van der Waals surface area contributed by atoms with Gasteiger partial charge in [-0.3, -0.25) is 0 Å². The van der Waals surface area contributed by atoms with E-state index in [0.29, 0.717) is 6.61 Å². The second kappa shape index (κ2) is 6.22. The van der Waals surface area contributed by atoms with Gasteiger partial charge in [0.25, 0.3) is 0 Å². The van der Waals surface area contributed by atoms with Crippen molar-refractivity contribution in [3.05, 3.63) is 42.0 Å². The van der Waals surface area contributed by atoms with Crippen LogP contribution in [0.1, 0.15) is 5.56 Å². The Balaban J connectivity index is 2.31. The molecule has 0 spiro atoms. The third-order valence-corrected chi connectivity index (χ3v) is 1.82. The first-order valence-corrected chi connectivity index (χ1v) is 4.82. The Morgan fingerprint density at radius 1 is 1.36 bits per heavy atom. The Kier molecular flexibility index (Phi) is 4.79. The molecular formula is C12H17NO. The third kappa shape index (κ3) is 4.10. The van der Waals surface area contributed by atoms with Gasteiger partial charge in [0, 0.05) is 6.54 Å². The molecule has 1 rings (SSSR count). The number of hydrogen-bond acceptors (Lipinski definition) is 2. The first kappa shape index (κ1) is 10.8. The number of benzene rings is 1. The summed E-state index contributed by atoms with van der Waals surface area (Å²) in [5.74, 6) is 0.930. The van der Waals surface area contributed by atoms with Crippen molar-refractivity contribution in [3.63, 3.8) is 0 Å². The average molecular weight is 191 g/mol. The average Bonchev–Trinajstić information content (AvgIpc) is 2.18. The number of likely N-dealkylation sites (N-methyl/N-ethyl adjacent to an activating group) is 1. The van der Waals surface area contributed by atoms with Gasteiger partial charge < -0.3 is 10.1 Å². The normalized spacial score (nSPS) is 10.7. The molecule has 0 aromatic heterocycles. The summed E-state index contributed by atoms with van der Waals surface area (Å²) >= 11 is 0. The van der Waals surface area contributed by atoms with Gasteiger partial charge in [0.1, 0.15) is 12.4 Å². The molecule has 14 heavy (non-hydrogen) atoms. The van der Waals surface area contributed by atoms with E-state index in [1.54, 1.807) is 0 Å². The summed E-state index contributed by atoms with van der Waals surface area (Å²) in [7, 11) is 1.92. The molecule has 0 aliphatic rings. The molecule has 1 aromatic rings. The predicted molar refractivity (Wildman–Crippen MR) is 59.7 cm³/mol. The molecule has 0 aliphatic heterocycles. The second-order valence-corrected chi connectivity index (χ2v) is 3.16. The van der Waals surface area contributed by atoms with Crippen LogP contribution in [0.3, 0.4) is 0 Å². The van der Waals surface area contributed by atoms with Crippen LogP contribution in [0.25, 0.3) is 0 Å². The van der Waals surface area contributed by atoms with Crippen LogP contribution >= 0.6 is 0 Å². The summed E-state index contributed by atoms with van der Waals surface area (Å²) in [5, 5.41) is 3.03. The van der Waals surface area contributed by atoms with Crippen molar-refractivity contribution < 1.29 is 4.74 Å². The van der Waals surface area contributed by atoms with E-state index in [2.05, 4.69) is 24.4 Å². The first-order chi connectivity index (χ1) is 6.83. The van der Waals surface area contributed by atoms with Gasteiger partial charge in [-0.25, -0.2) is 0 Å². The Morgan fingerprint density at radius 3 is 2.93 bits per heavy atom. The largest absolute Gasteiger partial charge is 0.490 e. The van der Waals surface area contributed by atoms with E-state index in [1.807, 2.05) is 31.3 Å². The number of rotatable bonds is 5. The van der Waals surface area contributed by atoms with Crippen molar-refractivity contribution in [1.82, 2.24) is 5.32 Å². The zero-order valence-electron chi connectivity index (χ0n) is 8.79. The quantitative estimate of drug-likeness (QED) is 0.720. The van der Waals surface area contributed by atoms with E-state index in [-0.39, 0.29) is 0 Å². The van der Waals surface area contributed by atoms with E-state index < -0.39 is 0 Å². The molecule has 1 aromatic carbocycles. The lowest BCUT2D eigenvalue weighted by atomic mass is 10.2. The molecule has 2 heteroatoms. The van der Waals surface area contributed by atoms with E-state index in [9.17, 15) is 0 Å². The molecule has 0 radical (unpaired) electrons. The molecule has 0 unspecified atom stereocenters. The van der Waals surface area contributed by atoms with Crippen molar-refractivity contribution in [2.24, 2.45) is 0 Å². The molecule has 0 aliphatic carbocycles. The molecule has 0 saturated carbocycles. The Hall–Kier alpha value is -1.28. The predicted octanol–water partition coefficient (Wildman–Crippen LogP) is 2.15. The smallest absolute Gasteiger partial charge is 0.120 e. The molecule has 0 amide bonds. The van der Waals surface area contributed by atoms with Crippen molar-refractivity contribution in [2.75, 3.05) is 20.2 Å². The lowest BCUT2D eigenvalue weighted by molar-refractivity contribution is 0.362.